The average molecular weight is 265 g/mol. The molecule has 3 nitrogen and oxygen atoms in total. The Morgan fingerprint density at radius 1 is 1.37 bits per heavy atom. The van der Waals surface area contributed by atoms with Crippen molar-refractivity contribution in [2.45, 2.75) is 46.1 Å². The summed E-state index contributed by atoms with van der Waals surface area (Å²) >= 11 is 0. The number of rotatable bonds is 3. The summed E-state index contributed by atoms with van der Waals surface area (Å²) in [6.07, 6.45) is 7.59. The smallest absolute Gasteiger partial charge is 0.314 e. The summed E-state index contributed by atoms with van der Waals surface area (Å²) in [4.78, 5) is 12.2. The lowest BCUT2D eigenvalue weighted by atomic mass is 9.75. The zero-order chi connectivity index (χ0) is 13.8. The van der Waals surface area contributed by atoms with Crippen LogP contribution in [0.1, 0.15) is 40.0 Å². The highest BCUT2D eigenvalue weighted by molar-refractivity contribution is 5.75. The van der Waals surface area contributed by atoms with Crippen LogP contribution in [-0.4, -0.2) is 25.2 Å². The molecule has 4 atom stereocenters. The van der Waals surface area contributed by atoms with Crippen LogP contribution in [0.25, 0.3) is 0 Å². The number of carbonyl (C=O) groups is 1. The van der Waals surface area contributed by atoms with E-state index in [2.05, 4.69) is 26.1 Å². The van der Waals surface area contributed by atoms with Gasteiger partial charge in [0.15, 0.2) is 0 Å². The van der Waals surface area contributed by atoms with Crippen molar-refractivity contribution < 1.29 is 9.53 Å². The molecule has 3 heteroatoms. The third-order valence-electron chi connectivity index (χ3n) is 4.53. The van der Waals surface area contributed by atoms with E-state index in [0.29, 0.717) is 24.3 Å². The summed E-state index contributed by atoms with van der Waals surface area (Å²) in [7, 11) is 0. The predicted octanol–water partition coefficient (Wildman–Crippen LogP) is 2.77. The van der Waals surface area contributed by atoms with Gasteiger partial charge in [0.1, 0.15) is 6.10 Å². The van der Waals surface area contributed by atoms with E-state index in [1.54, 1.807) is 0 Å². The topological polar surface area (TPSA) is 38.3 Å². The molecular weight excluding hydrogens is 238 g/mol. The highest BCUT2D eigenvalue weighted by atomic mass is 16.5. The summed E-state index contributed by atoms with van der Waals surface area (Å²) in [6, 6.07) is 0. The summed E-state index contributed by atoms with van der Waals surface area (Å²) in [5.41, 5.74) is 0. The monoisotopic (exact) mass is 265 g/mol. The Morgan fingerprint density at radius 3 is 2.79 bits per heavy atom. The molecule has 1 N–H and O–H groups in total. The van der Waals surface area contributed by atoms with Gasteiger partial charge in [0.25, 0.3) is 0 Å². The zero-order valence-electron chi connectivity index (χ0n) is 12.4. The largest absolute Gasteiger partial charge is 0.462 e. The van der Waals surface area contributed by atoms with Gasteiger partial charge in [-0.05, 0) is 30.6 Å². The summed E-state index contributed by atoms with van der Waals surface area (Å²) in [6.45, 7) is 8.31. The summed E-state index contributed by atoms with van der Waals surface area (Å²) in [5.74, 6) is 1.64. The van der Waals surface area contributed by atoms with Crippen molar-refractivity contribution in [1.82, 2.24) is 5.32 Å². The molecule has 1 saturated carbocycles. The van der Waals surface area contributed by atoms with Gasteiger partial charge in [-0.25, -0.2) is 0 Å². The Kier molecular flexibility index (Phi) is 5.03. The van der Waals surface area contributed by atoms with Crippen LogP contribution >= 0.6 is 0 Å². The van der Waals surface area contributed by atoms with Gasteiger partial charge in [-0.3, -0.25) is 4.79 Å². The van der Waals surface area contributed by atoms with Crippen LogP contribution in [0.2, 0.25) is 0 Å². The normalized spacial score (nSPS) is 35.4. The first-order valence-corrected chi connectivity index (χ1v) is 7.65. The van der Waals surface area contributed by atoms with Crippen LogP contribution in [-0.2, 0) is 9.53 Å². The Hall–Kier alpha value is -0.830. The number of nitrogens with one attached hydrogen (secondary N) is 1. The van der Waals surface area contributed by atoms with Crippen molar-refractivity contribution in [3.63, 3.8) is 0 Å². The minimum atomic E-state index is -0.0983. The molecule has 0 saturated heterocycles. The van der Waals surface area contributed by atoms with E-state index >= 15 is 0 Å². The third kappa shape index (κ3) is 3.82. The highest BCUT2D eigenvalue weighted by Crippen LogP contribution is 2.35. The second-order valence-electron chi connectivity index (χ2n) is 6.49. The highest BCUT2D eigenvalue weighted by Gasteiger charge is 2.34. The van der Waals surface area contributed by atoms with Crippen molar-refractivity contribution in [3.05, 3.63) is 12.2 Å². The van der Waals surface area contributed by atoms with Crippen molar-refractivity contribution in [2.75, 3.05) is 13.1 Å². The molecule has 1 heterocycles. The lowest BCUT2D eigenvalue weighted by Crippen LogP contribution is -2.39. The van der Waals surface area contributed by atoms with Crippen LogP contribution in [0.3, 0.4) is 0 Å². The second kappa shape index (κ2) is 6.56. The van der Waals surface area contributed by atoms with Crippen LogP contribution < -0.4 is 5.32 Å². The van der Waals surface area contributed by atoms with Crippen molar-refractivity contribution >= 4 is 5.97 Å². The maximum Gasteiger partial charge on any atom is 0.314 e. The van der Waals surface area contributed by atoms with Crippen molar-refractivity contribution in [3.8, 4) is 0 Å². The first kappa shape index (κ1) is 14.6. The standard InChI is InChI=1S/C16H27NO2/c1-11(2)14-7-6-12(3)9-15(14)19-16(18)13-5-4-8-17-10-13/h4-5,11-15,17H,6-10H2,1-3H3. The lowest BCUT2D eigenvalue weighted by molar-refractivity contribution is -0.159. The minimum absolute atomic E-state index is 0.0480. The van der Waals surface area contributed by atoms with Crippen molar-refractivity contribution in [2.24, 2.45) is 23.7 Å². The Labute approximate surface area is 116 Å². The van der Waals surface area contributed by atoms with Gasteiger partial charge < -0.3 is 10.1 Å². The number of hydrogen-bond acceptors (Lipinski definition) is 3. The molecule has 0 aromatic rings. The molecule has 1 aliphatic heterocycles. The fraction of sp³-hybridized carbons (Fsp3) is 0.812. The van der Waals surface area contributed by atoms with Gasteiger partial charge in [-0.1, -0.05) is 39.3 Å². The Bertz CT molecular complexity index is 338. The molecule has 2 rings (SSSR count). The maximum absolute atomic E-state index is 12.2. The van der Waals surface area contributed by atoms with E-state index in [1.165, 1.54) is 12.8 Å². The molecule has 0 aromatic carbocycles. The van der Waals surface area contributed by atoms with E-state index in [-0.39, 0.29) is 18.0 Å². The van der Waals surface area contributed by atoms with E-state index in [4.69, 9.17) is 4.74 Å². The molecule has 0 radical (unpaired) electrons. The maximum atomic E-state index is 12.2. The van der Waals surface area contributed by atoms with E-state index in [0.717, 1.165) is 13.0 Å². The van der Waals surface area contributed by atoms with Crippen LogP contribution in [0, 0.1) is 23.7 Å². The Morgan fingerprint density at radius 2 is 2.16 bits per heavy atom. The number of hydrogen-bond donors (Lipinski definition) is 1. The SMILES string of the molecule is CC1CCC(C(C)C)C(OC(=O)C2C=CCNC2)C1. The van der Waals surface area contributed by atoms with Gasteiger partial charge in [-0.15, -0.1) is 0 Å². The molecular formula is C16H27NO2. The molecule has 0 bridgehead atoms. The average Bonchev–Trinajstić information content (AvgIpc) is 2.39. The molecule has 4 unspecified atom stereocenters. The molecule has 0 amide bonds. The minimum Gasteiger partial charge on any atom is -0.462 e. The van der Waals surface area contributed by atoms with Gasteiger partial charge >= 0.3 is 5.97 Å². The Balaban J connectivity index is 1.96. The second-order valence-corrected chi connectivity index (χ2v) is 6.49. The van der Waals surface area contributed by atoms with Gasteiger partial charge in [-0.2, -0.15) is 0 Å². The summed E-state index contributed by atoms with van der Waals surface area (Å²) in [5, 5.41) is 3.21. The fourth-order valence-corrected chi connectivity index (χ4v) is 3.27. The first-order chi connectivity index (χ1) is 9.08. The summed E-state index contributed by atoms with van der Waals surface area (Å²) < 4.78 is 5.84. The van der Waals surface area contributed by atoms with Crippen LogP contribution in [0.15, 0.2) is 12.2 Å². The van der Waals surface area contributed by atoms with E-state index in [1.807, 2.05) is 12.2 Å². The molecule has 108 valence electrons. The van der Waals surface area contributed by atoms with E-state index in [9.17, 15) is 4.79 Å². The molecule has 19 heavy (non-hydrogen) atoms. The number of carbonyl (C=O) groups excluding carboxylic acids is 1. The molecule has 1 aliphatic carbocycles. The van der Waals surface area contributed by atoms with E-state index < -0.39 is 0 Å². The number of esters is 1. The number of ether oxygens (including phenoxy) is 1. The lowest BCUT2D eigenvalue weighted by Gasteiger charge is -2.37. The molecule has 0 spiro atoms. The first-order valence-electron chi connectivity index (χ1n) is 7.65. The predicted molar refractivity (Wildman–Crippen MR) is 76.7 cm³/mol. The molecule has 2 aliphatic rings. The quantitative estimate of drug-likeness (QED) is 0.630. The van der Waals surface area contributed by atoms with Crippen LogP contribution in [0.5, 0.6) is 0 Å². The van der Waals surface area contributed by atoms with Gasteiger partial charge in [0.2, 0.25) is 0 Å². The fourth-order valence-electron chi connectivity index (χ4n) is 3.27. The van der Waals surface area contributed by atoms with Gasteiger partial charge in [0, 0.05) is 13.1 Å². The molecule has 1 fully saturated rings. The van der Waals surface area contributed by atoms with Gasteiger partial charge in [0.05, 0.1) is 5.92 Å². The third-order valence-corrected chi connectivity index (χ3v) is 4.53. The zero-order valence-corrected chi connectivity index (χ0v) is 12.4. The van der Waals surface area contributed by atoms with Crippen molar-refractivity contribution in [1.29, 1.82) is 0 Å². The van der Waals surface area contributed by atoms with Crippen LogP contribution in [0.4, 0.5) is 0 Å². The molecule has 0 aromatic heterocycles.